The van der Waals surface area contributed by atoms with Gasteiger partial charge in [-0.25, -0.2) is 0 Å². The van der Waals surface area contributed by atoms with Gasteiger partial charge in [0.2, 0.25) is 5.60 Å². The number of piperidine rings is 1. The third kappa shape index (κ3) is 2.13. The van der Waals surface area contributed by atoms with Crippen LogP contribution in [0.1, 0.15) is 43.7 Å². The molecule has 0 radical (unpaired) electrons. The van der Waals surface area contributed by atoms with Gasteiger partial charge in [-0.05, 0) is 56.1 Å². The topological polar surface area (TPSA) is 51.2 Å². The van der Waals surface area contributed by atoms with Crippen molar-refractivity contribution in [1.29, 1.82) is 0 Å². The highest BCUT2D eigenvalue weighted by Gasteiger charge is 2.72. The second kappa shape index (κ2) is 6.51. The van der Waals surface area contributed by atoms with Crippen LogP contribution >= 0.6 is 0 Å². The maximum Gasteiger partial charge on any atom is 0.204 e. The van der Waals surface area contributed by atoms with Gasteiger partial charge >= 0.3 is 0 Å². The first-order chi connectivity index (χ1) is 14.0. The molecular formula is C24H31NO4. The standard InChI is InChI=1S/C24H31NO4/c1-5-6-7-19(26)24-20(28-4)11-9-16-17-14-15-8-10-18(27-3)22(29-24)21(15)23(16,24)12-13-25(17)2/h8-11,17,19,26H,5-7,12-14H2,1-4H3/t17-,19+,23-,24-/m1/s1. The van der Waals surface area contributed by atoms with Gasteiger partial charge < -0.3 is 19.3 Å². The van der Waals surface area contributed by atoms with Crippen LogP contribution in [-0.4, -0.2) is 55.6 Å². The monoisotopic (exact) mass is 397 g/mol. The lowest BCUT2D eigenvalue weighted by Crippen LogP contribution is -2.68. The van der Waals surface area contributed by atoms with E-state index in [-0.39, 0.29) is 0 Å². The van der Waals surface area contributed by atoms with E-state index in [4.69, 9.17) is 14.2 Å². The Morgan fingerprint density at radius 2 is 2.10 bits per heavy atom. The number of hydrogen-bond acceptors (Lipinski definition) is 5. The number of unbranched alkanes of at least 4 members (excludes halogenated alkanes) is 1. The molecule has 5 rings (SSSR count). The number of methoxy groups -OCH3 is 2. The van der Waals surface area contributed by atoms with E-state index in [0.29, 0.717) is 12.5 Å². The fourth-order valence-corrected chi connectivity index (χ4v) is 6.39. The van der Waals surface area contributed by atoms with Crippen LogP contribution in [0.4, 0.5) is 0 Å². The molecule has 4 atom stereocenters. The van der Waals surface area contributed by atoms with Crippen molar-refractivity contribution in [3.8, 4) is 11.5 Å². The van der Waals surface area contributed by atoms with Crippen LogP contribution in [0.15, 0.2) is 35.6 Å². The molecule has 2 heterocycles. The van der Waals surface area contributed by atoms with Crippen LogP contribution in [0.3, 0.4) is 0 Å². The molecule has 156 valence electrons. The Hall–Kier alpha value is -1.98. The molecule has 1 saturated heterocycles. The van der Waals surface area contributed by atoms with Crippen LogP contribution in [0.5, 0.6) is 11.5 Å². The minimum Gasteiger partial charge on any atom is -0.497 e. The average Bonchev–Trinajstić information content (AvgIpc) is 3.06. The van der Waals surface area contributed by atoms with Crippen molar-refractivity contribution in [3.63, 3.8) is 0 Å². The molecule has 1 aromatic rings. The van der Waals surface area contributed by atoms with Gasteiger partial charge in [0.1, 0.15) is 11.9 Å². The molecule has 2 bridgehead atoms. The molecule has 0 amide bonds. The van der Waals surface area contributed by atoms with E-state index in [1.165, 1.54) is 16.7 Å². The van der Waals surface area contributed by atoms with Crippen LogP contribution in [0.2, 0.25) is 0 Å². The highest BCUT2D eigenvalue weighted by Crippen LogP contribution is 2.67. The van der Waals surface area contributed by atoms with Gasteiger partial charge in [0.05, 0.1) is 19.6 Å². The number of benzene rings is 1. The number of nitrogens with zero attached hydrogens (tertiary/aromatic N) is 1. The Morgan fingerprint density at radius 1 is 1.28 bits per heavy atom. The van der Waals surface area contributed by atoms with Crippen LogP contribution in [0.25, 0.3) is 0 Å². The first-order valence-electron chi connectivity index (χ1n) is 10.8. The largest absolute Gasteiger partial charge is 0.497 e. The van der Waals surface area contributed by atoms with Gasteiger partial charge in [-0.2, -0.15) is 0 Å². The second-order valence-corrected chi connectivity index (χ2v) is 8.84. The molecule has 0 unspecified atom stereocenters. The highest BCUT2D eigenvalue weighted by atomic mass is 16.6. The normalized spacial score (nSPS) is 32.7. The number of aliphatic hydroxyl groups excluding tert-OH is 1. The van der Waals surface area contributed by atoms with Crippen molar-refractivity contribution < 1.29 is 19.3 Å². The number of hydrogen-bond donors (Lipinski definition) is 1. The Kier molecular flexibility index (Phi) is 4.27. The number of ether oxygens (including phenoxy) is 3. The second-order valence-electron chi connectivity index (χ2n) is 8.84. The molecule has 5 nitrogen and oxygen atoms in total. The molecule has 5 heteroatoms. The van der Waals surface area contributed by atoms with E-state index in [0.717, 1.165) is 49.5 Å². The highest BCUT2D eigenvalue weighted by molar-refractivity contribution is 5.70. The van der Waals surface area contributed by atoms with Crippen molar-refractivity contribution in [3.05, 3.63) is 46.7 Å². The quantitative estimate of drug-likeness (QED) is 0.798. The summed E-state index contributed by atoms with van der Waals surface area (Å²) in [7, 11) is 5.58. The average molecular weight is 398 g/mol. The Morgan fingerprint density at radius 3 is 2.83 bits per heavy atom. The molecule has 1 spiro atoms. The van der Waals surface area contributed by atoms with E-state index in [1.807, 2.05) is 12.1 Å². The molecule has 1 fully saturated rings. The molecule has 2 aliphatic carbocycles. The zero-order valence-electron chi connectivity index (χ0n) is 17.8. The smallest absolute Gasteiger partial charge is 0.204 e. The van der Waals surface area contributed by atoms with Gasteiger partial charge in [0.15, 0.2) is 11.5 Å². The van der Waals surface area contributed by atoms with Crippen molar-refractivity contribution in [2.24, 2.45) is 0 Å². The molecule has 1 N–H and O–H groups in total. The van der Waals surface area contributed by atoms with Gasteiger partial charge in [0, 0.05) is 11.6 Å². The van der Waals surface area contributed by atoms with E-state index >= 15 is 0 Å². The lowest BCUT2D eigenvalue weighted by molar-refractivity contribution is -0.0990. The molecular weight excluding hydrogens is 366 g/mol. The van der Waals surface area contributed by atoms with Crippen LogP contribution < -0.4 is 9.47 Å². The number of aliphatic hydroxyl groups is 1. The van der Waals surface area contributed by atoms with Gasteiger partial charge in [-0.1, -0.05) is 31.9 Å². The Labute approximate surface area is 172 Å². The lowest BCUT2D eigenvalue weighted by atomic mass is 9.51. The Balaban J connectivity index is 1.82. The van der Waals surface area contributed by atoms with E-state index in [1.54, 1.807) is 14.2 Å². The SMILES string of the molecule is CCCC[C@H](O)[C@]12Oc3c(OC)ccc4c3[C@]13CCN(C)[C@H](C4)C3=CC=C2OC. The fraction of sp³-hybridized carbons (Fsp3) is 0.583. The van der Waals surface area contributed by atoms with E-state index in [9.17, 15) is 5.11 Å². The van der Waals surface area contributed by atoms with Crippen LogP contribution in [-0.2, 0) is 16.6 Å². The summed E-state index contributed by atoms with van der Waals surface area (Å²) in [4.78, 5) is 2.44. The van der Waals surface area contributed by atoms with Gasteiger partial charge in [0.25, 0.3) is 0 Å². The predicted molar refractivity (Wildman–Crippen MR) is 111 cm³/mol. The molecule has 29 heavy (non-hydrogen) atoms. The summed E-state index contributed by atoms with van der Waals surface area (Å²) < 4.78 is 18.5. The van der Waals surface area contributed by atoms with Gasteiger partial charge in [-0.3, -0.25) is 4.90 Å². The summed E-state index contributed by atoms with van der Waals surface area (Å²) in [6.07, 6.45) is 8.09. The van der Waals surface area contributed by atoms with E-state index < -0.39 is 17.1 Å². The number of likely N-dealkylation sites (tertiary alicyclic amines) is 1. The summed E-state index contributed by atoms with van der Waals surface area (Å²) in [5.41, 5.74) is 2.52. The maximum atomic E-state index is 11.7. The number of likely N-dealkylation sites (N-methyl/N-ethyl adjacent to an activating group) is 1. The van der Waals surface area contributed by atoms with E-state index in [2.05, 4.69) is 31.0 Å². The van der Waals surface area contributed by atoms with Crippen molar-refractivity contribution in [1.82, 2.24) is 4.90 Å². The fourth-order valence-electron chi connectivity index (χ4n) is 6.39. The first kappa shape index (κ1) is 19.0. The van der Waals surface area contributed by atoms with Crippen molar-refractivity contribution in [2.75, 3.05) is 27.8 Å². The molecule has 1 aromatic carbocycles. The van der Waals surface area contributed by atoms with Crippen molar-refractivity contribution >= 4 is 0 Å². The number of rotatable bonds is 6. The third-order valence-electron chi connectivity index (χ3n) is 7.69. The zero-order valence-corrected chi connectivity index (χ0v) is 17.8. The summed E-state index contributed by atoms with van der Waals surface area (Å²) in [5.74, 6) is 2.25. The number of allylic oxidation sites excluding steroid dienone is 2. The minimum absolute atomic E-state index is 0.312. The Bertz CT molecular complexity index is 906. The third-order valence-corrected chi connectivity index (χ3v) is 7.69. The summed E-state index contributed by atoms with van der Waals surface area (Å²) in [6.45, 7) is 3.11. The predicted octanol–water partition coefficient (Wildman–Crippen LogP) is 3.35. The lowest BCUT2D eigenvalue weighted by Gasteiger charge is -2.58. The molecule has 0 aromatic heterocycles. The molecule has 2 aliphatic heterocycles. The summed E-state index contributed by atoms with van der Waals surface area (Å²) >= 11 is 0. The van der Waals surface area contributed by atoms with Gasteiger partial charge in [-0.15, -0.1) is 0 Å². The molecule has 0 saturated carbocycles. The maximum absolute atomic E-state index is 11.7. The minimum atomic E-state index is -0.938. The van der Waals surface area contributed by atoms with Crippen molar-refractivity contribution in [2.45, 2.75) is 62.2 Å². The first-order valence-corrected chi connectivity index (χ1v) is 10.8. The molecule has 4 aliphatic rings. The summed E-state index contributed by atoms with van der Waals surface area (Å²) in [6, 6.07) is 4.51. The summed E-state index contributed by atoms with van der Waals surface area (Å²) in [5, 5.41) is 11.7. The zero-order chi connectivity index (χ0) is 20.4. The van der Waals surface area contributed by atoms with Crippen LogP contribution in [0, 0.1) is 0 Å².